The van der Waals surface area contributed by atoms with Crippen molar-refractivity contribution in [2.75, 3.05) is 16.6 Å². The average Bonchev–Trinajstić information content (AvgIpc) is 3.05. The fourth-order valence-corrected chi connectivity index (χ4v) is 4.58. The molecule has 3 rings (SSSR count). The van der Waals surface area contributed by atoms with Gasteiger partial charge in [0.2, 0.25) is 0 Å². The van der Waals surface area contributed by atoms with Gasteiger partial charge >= 0.3 is 6.03 Å². The van der Waals surface area contributed by atoms with Crippen molar-refractivity contribution in [3.8, 4) is 0 Å². The lowest BCUT2D eigenvalue weighted by molar-refractivity contribution is 0.0993. The molecule has 1 heterocycles. The highest BCUT2D eigenvalue weighted by atomic mass is 32.2. The number of aromatic nitrogens is 1. The van der Waals surface area contributed by atoms with Crippen molar-refractivity contribution >= 4 is 43.3 Å². The number of Topliss-reactive ketones (excluding diaryl/α,β-unsaturated/α-hetero) is 1. The lowest BCUT2D eigenvalue weighted by Crippen LogP contribution is -2.33. The van der Waals surface area contributed by atoms with E-state index in [2.05, 4.69) is 20.3 Å². The molecule has 0 aliphatic carbocycles. The summed E-state index contributed by atoms with van der Waals surface area (Å²) in [5.74, 6) is -0.224. The topological polar surface area (TPSA) is 117 Å². The number of hydrogen-bond donors (Lipinski definition) is 3. The average molecular weight is 445 g/mol. The smallest absolute Gasteiger partial charge is 0.320 e. The van der Waals surface area contributed by atoms with E-state index in [0.717, 1.165) is 16.9 Å². The van der Waals surface area contributed by atoms with Crippen LogP contribution in [0.2, 0.25) is 0 Å². The lowest BCUT2D eigenvalue weighted by Gasteiger charge is -2.06. The summed E-state index contributed by atoms with van der Waals surface area (Å²) in [5, 5.41) is 5.58. The number of benzene rings is 2. The Morgan fingerprint density at radius 2 is 1.67 bits per heavy atom. The van der Waals surface area contributed by atoms with Crippen LogP contribution in [-0.4, -0.2) is 31.8 Å². The quantitative estimate of drug-likeness (QED) is 0.482. The molecule has 0 bridgehead atoms. The Labute approximate surface area is 178 Å². The van der Waals surface area contributed by atoms with Crippen molar-refractivity contribution in [2.24, 2.45) is 0 Å². The Morgan fingerprint density at radius 1 is 1.00 bits per heavy atom. The van der Waals surface area contributed by atoms with Gasteiger partial charge in [0.05, 0.1) is 17.1 Å². The molecule has 0 radical (unpaired) electrons. The molecule has 2 aromatic carbocycles. The maximum absolute atomic E-state index is 12.5. The van der Waals surface area contributed by atoms with Crippen LogP contribution < -0.4 is 15.4 Å². The van der Waals surface area contributed by atoms with E-state index >= 15 is 0 Å². The number of hydrogen-bond acceptors (Lipinski definition) is 6. The Morgan fingerprint density at radius 3 is 2.33 bits per heavy atom. The van der Waals surface area contributed by atoms with Gasteiger partial charge in [0.25, 0.3) is 10.0 Å². The van der Waals surface area contributed by atoms with Gasteiger partial charge in [-0.05, 0) is 26.0 Å². The van der Waals surface area contributed by atoms with Crippen molar-refractivity contribution in [1.82, 2.24) is 10.3 Å². The molecule has 0 saturated carbocycles. The van der Waals surface area contributed by atoms with Gasteiger partial charge in [0.1, 0.15) is 5.00 Å². The number of rotatable bonds is 7. The summed E-state index contributed by atoms with van der Waals surface area (Å²) in [6.45, 7) is 3.34. The summed E-state index contributed by atoms with van der Waals surface area (Å²) in [4.78, 5) is 28.4. The minimum absolute atomic E-state index is 0.118. The molecule has 3 aromatic rings. The van der Waals surface area contributed by atoms with Gasteiger partial charge in [-0.15, -0.1) is 0 Å². The third-order valence-corrected chi connectivity index (χ3v) is 6.55. The first-order valence-corrected chi connectivity index (χ1v) is 11.2. The maximum atomic E-state index is 12.5. The van der Waals surface area contributed by atoms with E-state index < -0.39 is 16.1 Å². The molecule has 30 heavy (non-hydrogen) atoms. The lowest BCUT2D eigenvalue weighted by atomic mass is 10.1. The van der Waals surface area contributed by atoms with E-state index in [1.165, 1.54) is 12.1 Å². The first-order chi connectivity index (χ1) is 14.2. The van der Waals surface area contributed by atoms with Crippen molar-refractivity contribution < 1.29 is 18.0 Å². The molecule has 1 aromatic heterocycles. The third-order valence-electron chi connectivity index (χ3n) is 4.08. The molecule has 10 heteroatoms. The summed E-state index contributed by atoms with van der Waals surface area (Å²) in [5.41, 5.74) is 1.90. The van der Waals surface area contributed by atoms with Gasteiger partial charge in [0.15, 0.2) is 10.9 Å². The molecule has 0 spiro atoms. The zero-order valence-electron chi connectivity index (χ0n) is 16.3. The van der Waals surface area contributed by atoms with E-state index in [-0.39, 0.29) is 22.4 Å². The van der Waals surface area contributed by atoms with Crippen LogP contribution in [-0.2, 0) is 10.0 Å². The number of nitrogens with zero attached hydrogens (tertiary/aromatic N) is 1. The molecule has 0 unspecified atom stereocenters. The third kappa shape index (κ3) is 5.43. The number of thiazole rings is 1. The van der Waals surface area contributed by atoms with Crippen LogP contribution in [0.1, 0.15) is 21.6 Å². The number of anilines is 2. The predicted octanol–water partition coefficient (Wildman–Crippen LogP) is 3.57. The molecule has 0 aliphatic heterocycles. The van der Waals surface area contributed by atoms with E-state index in [0.29, 0.717) is 16.3 Å². The van der Waals surface area contributed by atoms with Crippen LogP contribution in [0.15, 0.2) is 59.5 Å². The normalized spacial score (nSPS) is 11.0. The summed E-state index contributed by atoms with van der Waals surface area (Å²) in [6.07, 6.45) is 0. The molecule has 0 aliphatic rings. The first kappa shape index (κ1) is 21.5. The monoisotopic (exact) mass is 444 g/mol. The highest BCUT2D eigenvalue weighted by molar-refractivity contribution is 7.93. The van der Waals surface area contributed by atoms with Gasteiger partial charge in [-0.1, -0.05) is 59.4 Å². The fourth-order valence-electron chi connectivity index (χ4n) is 2.48. The van der Waals surface area contributed by atoms with E-state index in [9.17, 15) is 18.0 Å². The number of ketones is 1. The number of carbonyl (C=O) groups excluding carboxylic acids is 2. The van der Waals surface area contributed by atoms with Crippen LogP contribution in [0, 0.1) is 13.8 Å². The highest BCUT2D eigenvalue weighted by Crippen LogP contribution is 2.29. The van der Waals surface area contributed by atoms with Gasteiger partial charge in [-0.3, -0.25) is 14.8 Å². The number of sulfonamides is 1. The second-order valence-electron chi connectivity index (χ2n) is 6.45. The Hall–Kier alpha value is -3.24. The molecule has 3 N–H and O–H groups in total. The van der Waals surface area contributed by atoms with E-state index in [4.69, 9.17) is 0 Å². The molecule has 156 valence electrons. The number of aryl methyl sites for hydroxylation is 2. The van der Waals surface area contributed by atoms with Gasteiger partial charge in [0, 0.05) is 5.56 Å². The van der Waals surface area contributed by atoms with Crippen LogP contribution in [0.25, 0.3) is 0 Å². The van der Waals surface area contributed by atoms with Crippen LogP contribution in [0.4, 0.5) is 14.9 Å². The van der Waals surface area contributed by atoms with E-state index in [1.807, 2.05) is 6.92 Å². The molecular formula is C20H20N4O4S2. The van der Waals surface area contributed by atoms with Crippen molar-refractivity contribution in [2.45, 2.75) is 18.7 Å². The zero-order valence-corrected chi connectivity index (χ0v) is 17.9. The fraction of sp³-hybridized carbons (Fsp3) is 0.150. The van der Waals surface area contributed by atoms with Crippen LogP contribution >= 0.6 is 11.3 Å². The van der Waals surface area contributed by atoms with Crippen LogP contribution in [0.5, 0.6) is 0 Å². The summed E-state index contributed by atoms with van der Waals surface area (Å²) in [6, 6.07) is 14.5. The first-order valence-electron chi connectivity index (χ1n) is 8.94. The second kappa shape index (κ2) is 9.06. The van der Waals surface area contributed by atoms with Gasteiger partial charge in [-0.25, -0.2) is 18.2 Å². The Bertz CT molecular complexity index is 1160. The van der Waals surface area contributed by atoms with Crippen molar-refractivity contribution in [1.29, 1.82) is 0 Å². The molecule has 8 nitrogen and oxygen atoms in total. The standard InChI is InChI=1S/C20H20N4O4S2/c1-13-8-10-16(11-9-13)30(27,28)24-20-22-14(2)18(29-20)23-19(26)21-12-17(25)15-6-4-3-5-7-15/h3-11H,12H2,1-2H3,(H,22,24)(H2,21,23,26). The number of carbonyl (C=O) groups is 2. The zero-order chi connectivity index (χ0) is 21.7. The molecule has 0 atom stereocenters. The summed E-state index contributed by atoms with van der Waals surface area (Å²) in [7, 11) is -3.79. The van der Waals surface area contributed by atoms with Crippen molar-refractivity contribution in [3.63, 3.8) is 0 Å². The van der Waals surface area contributed by atoms with Gasteiger partial charge < -0.3 is 5.32 Å². The summed E-state index contributed by atoms with van der Waals surface area (Å²) < 4.78 is 27.4. The van der Waals surface area contributed by atoms with E-state index in [1.54, 1.807) is 49.4 Å². The van der Waals surface area contributed by atoms with Crippen LogP contribution in [0.3, 0.4) is 0 Å². The Balaban J connectivity index is 1.61. The minimum atomic E-state index is -3.79. The SMILES string of the molecule is Cc1ccc(S(=O)(=O)Nc2nc(C)c(NC(=O)NCC(=O)c3ccccc3)s2)cc1. The minimum Gasteiger partial charge on any atom is -0.330 e. The summed E-state index contributed by atoms with van der Waals surface area (Å²) >= 11 is 0.985. The Kier molecular flexibility index (Phi) is 6.48. The molecular weight excluding hydrogens is 424 g/mol. The number of urea groups is 1. The molecule has 2 amide bonds. The van der Waals surface area contributed by atoms with Crippen molar-refractivity contribution in [3.05, 3.63) is 71.4 Å². The second-order valence-corrected chi connectivity index (χ2v) is 9.13. The maximum Gasteiger partial charge on any atom is 0.320 e. The molecule has 0 saturated heterocycles. The van der Waals surface area contributed by atoms with Gasteiger partial charge in [-0.2, -0.15) is 0 Å². The predicted molar refractivity (Wildman–Crippen MR) is 117 cm³/mol. The molecule has 0 fully saturated rings. The largest absolute Gasteiger partial charge is 0.330 e. The number of amides is 2. The number of nitrogens with one attached hydrogen (secondary N) is 3. The highest BCUT2D eigenvalue weighted by Gasteiger charge is 2.18.